The average Bonchev–Trinajstić information content (AvgIpc) is 2.90. The number of hydrogen-bond donors (Lipinski definition) is 1. The van der Waals surface area contributed by atoms with Crippen LogP contribution in [0.15, 0.2) is 71.8 Å². The first-order valence-electron chi connectivity index (χ1n) is 11.8. The lowest BCUT2D eigenvalue weighted by molar-refractivity contribution is 0.0728. The third-order valence-electron chi connectivity index (χ3n) is 4.84. The first-order chi connectivity index (χ1) is 17.5. The fourth-order valence-electron chi connectivity index (χ4n) is 3.12. The Kier molecular flexibility index (Phi) is 9.88. The predicted octanol–water partition coefficient (Wildman–Crippen LogP) is 5.26. The van der Waals surface area contributed by atoms with Gasteiger partial charge in [-0.3, -0.25) is 4.79 Å². The molecule has 0 aromatic heterocycles. The van der Waals surface area contributed by atoms with Gasteiger partial charge in [-0.15, -0.1) is 0 Å². The molecule has 3 rings (SSSR count). The van der Waals surface area contributed by atoms with Gasteiger partial charge in [0.05, 0.1) is 31.6 Å². The Bertz CT molecular complexity index is 1170. The summed E-state index contributed by atoms with van der Waals surface area (Å²) in [5.74, 6) is 1.19. The summed E-state index contributed by atoms with van der Waals surface area (Å²) in [4.78, 5) is 24.9. The minimum absolute atomic E-state index is 0.280. The van der Waals surface area contributed by atoms with E-state index in [1.807, 2.05) is 20.8 Å². The lowest BCUT2D eigenvalue weighted by Gasteiger charge is -2.11. The fourth-order valence-corrected chi connectivity index (χ4v) is 3.12. The van der Waals surface area contributed by atoms with Gasteiger partial charge in [0.25, 0.3) is 5.91 Å². The van der Waals surface area contributed by atoms with Gasteiger partial charge in [-0.05, 0) is 92.6 Å². The van der Waals surface area contributed by atoms with Crippen molar-refractivity contribution in [2.24, 2.45) is 5.10 Å². The van der Waals surface area contributed by atoms with Gasteiger partial charge in [-0.1, -0.05) is 6.92 Å². The Balaban J connectivity index is 1.63. The minimum Gasteiger partial charge on any atom is -0.494 e. The van der Waals surface area contributed by atoms with Crippen LogP contribution >= 0.6 is 0 Å². The van der Waals surface area contributed by atoms with Crippen molar-refractivity contribution in [1.29, 1.82) is 0 Å². The van der Waals surface area contributed by atoms with E-state index in [2.05, 4.69) is 10.5 Å². The van der Waals surface area contributed by atoms with Gasteiger partial charge >= 0.3 is 5.97 Å². The molecular formula is C28H30N2O6. The number of ether oxygens (including phenoxy) is 4. The van der Waals surface area contributed by atoms with Crippen molar-refractivity contribution < 1.29 is 28.5 Å². The summed E-state index contributed by atoms with van der Waals surface area (Å²) in [6.07, 6.45) is 2.39. The first kappa shape index (κ1) is 26.3. The Morgan fingerprint density at radius 3 is 2.06 bits per heavy atom. The minimum atomic E-state index is -0.515. The summed E-state index contributed by atoms with van der Waals surface area (Å²) in [5.41, 5.74) is 4.00. The van der Waals surface area contributed by atoms with E-state index >= 15 is 0 Å². The molecule has 0 aliphatic carbocycles. The number of hydrazone groups is 1. The van der Waals surface area contributed by atoms with Crippen molar-refractivity contribution in [2.75, 3.05) is 19.8 Å². The molecule has 8 heteroatoms. The highest BCUT2D eigenvalue weighted by molar-refractivity contribution is 5.95. The summed E-state index contributed by atoms with van der Waals surface area (Å²) in [6, 6.07) is 18.6. The van der Waals surface area contributed by atoms with Crippen LogP contribution in [0.1, 0.15) is 53.5 Å². The molecule has 3 aromatic carbocycles. The van der Waals surface area contributed by atoms with Crippen LogP contribution in [0.3, 0.4) is 0 Å². The molecule has 36 heavy (non-hydrogen) atoms. The average molecular weight is 491 g/mol. The Morgan fingerprint density at radius 1 is 0.778 bits per heavy atom. The Labute approximate surface area is 210 Å². The number of nitrogens with one attached hydrogen (secondary N) is 1. The molecule has 0 saturated carbocycles. The monoisotopic (exact) mass is 490 g/mol. The van der Waals surface area contributed by atoms with E-state index in [0.717, 1.165) is 6.42 Å². The number of carbonyl (C=O) groups excluding carboxylic acids is 2. The molecule has 3 aromatic rings. The molecule has 188 valence electrons. The van der Waals surface area contributed by atoms with E-state index in [9.17, 15) is 9.59 Å². The highest BCUT2D eigenvalue weighted by Crippen LogP contribution is 2.29. The molecule has 1 N–H and O–H groups in total. The van der Waals surface area contributed by atoms with Crippen molar-refractivity contribution >= 4 is 18.1 Å². The standard InChI is InChI=1S/C28H30N2O6/c1-4-17-35-24-12-8-21(9-13-24)27(31)30-29-19-20-7-16-25(26(18-20)34-6-3)36-28(32)22-10-14-23(15-11-22)33-5-2/h7-16,18-19H,4-6,17H2,1-3H3,(H,30,31). The van der Waals surface area contributed by atoms with Gasteiger partial charge in [0.15, 0.2) is 11.5 Å². The first-order valence-corrected chi connectivity index (χ1v) is 11.8. The number of amides is 1. The molecule has 0 bridgehead atoms. The van der Waals surface area contributed by atoms with E-state index in [0.29, 0.717) is 53.8 Å². The van der Waals surface area contributed by atoms with Crippen LogP contribution in [-0.2, 0) is 0 Å². The molecule has 0 radical (unpaired) electrons. The predicted molar refractivity (Wildman–Crippen MR) is 137 cm³/mol. The number of hydrogen-bond acceptors (Lipinski definition) is 7. The zero-order valence-electron chi connectivity index (χ0n) is 20.7. The van der Waals surface area contributed by atoms with Crippen molar-refractivity contribution in [3.63, 3.8) is 0 Å². The highest BCUT2D eigenvalue weighted by Gasteiger charge is 2.13. The lowest BCUT2D eigenvalue weighted by atomic mass is 10.2. The van der Waals surface area contributed by atoms with E-state index < -0.39 is 5.97 Å². The van der Waals surface area contributed by atoms with Crippen molar-refractivity contribution in [3.8, 4) is 23.0 Å². The van der Waals surface area contributed by atoms with Crippen LogP contribution in [0.2, 0.25) is 0 Å². The maximum absolute atomic E-state index is 12.6. The second-order valence-corrected chi connectivity index (χ2v) is 7.56. The molecule has 0 fully saturated rings. The number of nitrogens with zero attached hydrogens (tertiary/aromatic N) is 1. The van der Waals surface area contributed by atoms with Crippen LogP contribution < -0.4 is 24.4 Å². The van der Waals surface area contributed by atoms with Crippen molar-refractivity contribution in [3.05, 3.63) is 83.4 Å². The Hall–Kier alpha value is -4.33. The maximum atomic E-state index is 12.6. The van der Waals surface area contributed by atoms with Crippen LogP contribution in [0, 0.1) is 0 Å². The molecular weight excluding hydrogens is 460 g/mol. The van der Waals surface area contributed by atoms with Crippen molar-refractivity contribution in [2.45, 2.75) is 27.2 Å². The Morgan fingerprint density at radius 2 is 1.42 bits per heavy atom. The van der Waals surface area contributed by atoms with Gasteiger partial charge in [0.1, 0.15) is 11.5 Å². The molecule has 0 aliphatic heterocycles. The van der Waals surface area contributed by atoms with Crippen LogP contribution in [0.25, 0.3) is 0 Å². The van der Waals surface area contributed by atoms with E-state index in [1.54, 1.807) is 66.7 Å². The maximum Gasteiger partial charge on any atom is 0.343 e. The molecule has 0 aliphatic rings. The number of carbonyl (C=O) groups is 2. The van der Waals surface area contributed by atoms with Gasteiger partial charge in [0, 0.05) is 5.56 Å². The zero-order valence-corrected chi connectivity index (χ0v) is 20.7. The molecule has 0 saturated heterocycles. The normalized spacial score (nSPS) is 10.6. The molecule has 8 nitrogen and oxygen atoms in total. The van der Waals surface area contributed by atoms with Crippen molar-refractivity contribution in [1.82, 2.24) is 5.43 Å². The summed E-state index contributed by atoms with van der Waals surface area (Å²) in [6.45, 7) is 7.30. The van der Waals surface area contributed by atoms with E-state index in [4.69, 9.17) is 18.9 Å². The smallest absolute Gasteiger partial charge is 0.343 e. The molecule has 1 amide bonds. The van der Waals surface area contributed by atoms with E-state index in [-0.39, 0.29) is 11.7 Å². The molecule has 0 spiro atoms. The second kappa shape index (κ2) is 13.5. The third-order valence-corrected chi connectivity index (χ3v) is 4.84. The topological polar surface area (TPSA) is 95.5 Å². The summed E-state index contributed by atoms with van der Waals surface area (Å²) < 4.78 is 22.1. The summed E-state index contributed by atoms with van der Waals surface area (Å²) >= 11 is 0. The van der Waals surface area contributed by atoms with Crippen LogP contribution in [0.4, 0.5) is 0 Å². The van der Waals surface area contributed by atoms with Gasteiger partial charge < -0.3 is 18.9 Å². The molecule has 0 atom stereocenters. The third kappa shape index (κ3) is 7.59. The number of esters is 1. The van der Waals surface area contributed by atoms with Gasteiger partial charge in [-0.25, -0.2) is 10.2 Å². The van der Waals surface area contributed by atoms with Gasteiger partial charge in [-0.2, -0.15) is 5.10 Å². The number of benzene rings is 3. The van der Waals surface area contributed by atoms with Gasteiger partial charge in [0.2, 0.25) is 0 Å². The molecule has 0 unspecified atom stereocenters. The molecule has 0 heterocycles. The highest BCUT2D eigenvalue weighted by atomic mass is 16.6. The number of rotatable bonds is 12. The largest absolute Gasteiger partial charge is 0.494 e. The summed E-state index contributed by atoms with van der Waals surface area (Å²) in [5, 5.41) is 4.02. The fraction of sp³-hybridized carbons (Fsp3) is 0.250. The van der Waals surface area contributed by atoms with Crippen LogP contribution in [0.5, 0.6) is 23.0 Å². The SMILES string of the molecule is CCCOc1ccc(C(=O)NN=Cc2ccc(OC(=O)c3ccc(OCC)cc3)c(OCC)c2)cc1. The summed E-state index contributed by atoms with van der Waals surface area (Å²) in [7, 11) is 0. The lowest BCUT2D eigenvalue weighted by Crippen LogP contribution is -2.17. The van der Waals surface area contributed by atoms with Crippen LogP contribution in [-0.4, -0.2) is 37.9 Å². The zero-order chi connectivity index (χ0) is 25.8. The van der Waals surface area contributed by atoms with E-state index in [1.165, 1.54) is 6.21 Å². The quantitative estimate of drug-likeness (QED) is 0.161. The second-order valence-electron chi connectivity index (χ2n) is 7.56.